The molecule has 0 fully saturated rings. The summed E-state index contributed by atoms with van der Waals surface area (Å²) in [6.07, 6.45) is 0.322. The first-order chi connectivity index (χ1) is 9.67. The standard InChI is InChI=1S/C16H17NO3/c1-20-15-7-5-12(6-8-15)10-16(19)17-11-13-3-2-4-14(18)9-13/h2-9,18H,10-11H2,1H3,(H,17,19). The topological polar surface area (TPSA) is 58.6 Å². The van der Waals surface area contributed by atoms with Crippen LogP contribution in [0.25, 0.3) is 0 Å². The summed E-state index contributed by atoms with van der Waals surface area (Å²) in [4.78, 5) is 11.8. The fraction of sp³-hybridized carbons (Fsp3) is 0.188. The molecule has 0 aliphatic heterocycles. The molecule has 104 valence electrons. The van der Waals surface area contributed by atoms with Crippen LogP contribution in [0.4, 0.5) is 0 Å². The number of nitrogens with one attached hydrogen (secondary N) is 1. The predicted octanol–water partition coefficient (Wildman–Crippen LogP) is 2.26. The van der Waals surface area contributed by atoms with Gasteiger partial charge in [-0.05, 0) is 35.4 Å². The first kappa shape index (κ1) is 13.9. The molecule has 0 unspecified atom stereocenters. The van der Waals surface area contributed by atoms with Gasteiger partial charge in [0.25, 0.3) is 0 Å². The predicted molar refractivity (Wildman–Crippen MR) is 76.7 cm³/mol. The summed E-state index contributed by atoms with van der Waals surface area (Å²) in [7, 11) is 1.61. The number of carbonyl (C=O) groups is 1. The average molecular weight is 271 g/mol. The van der Waals surface area contributed by atoms with Crippen LogP contribution in [0.5, 0.6) is 11.5 Å². The number of hydrogen-bond acceptors (Lipinski definition) is 3. The SMILES string of the molecule is COc1ccc(CC(=O)NCc2cccc(O)c2)cc1. The minimum Gasteiger partial charge on any atom is -0.508 e. The minimum atomic E-state index is -0.0569. The Labute approximate surface area is 118 Å². The molecule has 2 rings (SSSR count). The number of phenols is 1. The fourth-order valence-corrected chi connectivity index (χ4v) is 1.86. The summed E-state index contributed by atoms with van der Waals surface area (Å²) < 4.78 is 5.07. The van der Waals surface area contributed by atoms with Gasteiger partial charge in [-0.1, -0.05) is 24.3 Å². The molecule has 2 aromatic carbocycles. The Bertz CT molecular complexity index is 579. The van der Waals surface area contributed by atoms with Crippen LogP contribution in [-0.2, 0) is 17.8 Å². The lowest BCUT2D eigenvalue weighted by Crippen LogP contribution is -2.24. The van der Waals surface area contributed by atoms with Crippen molar-refractivity contribution in [3.8, 4) is 11.5 Å². The van der Waals surface area contributed by atoms with Gasteiger partial charge >= 0.3 is 0 Å². The van der Waals surface area contributed by atoms with Gasteiger partial charge in [0, 0.05) is 6.54 Å². The Kier molecular flexibility index (Phi) is 4.60. The number of hydrogen-bond donors (Lipinski definition) is 2. The van der Waals surface area contributed by atoms with Crippen LogP contribution in [0.2, 0.25) is 0 Å². The van der Waals surface area contributed by atoms with Crippen molar-refractivity contribution in [2.45, 2.75) is 13.0 Å². The van der Waals surface area contributed by atoms with Gasteiger partial charge in [0.05, 0.1) is 13.5 Å². The van der Waals surface area contributed by atoms with Gasteiger partial charge in [-0.2, -0.15) is 0 Å². The van der Waals surface area contributed by atoms with Crippen molar-refractivity contribution in [2.75, 3.05) is 7.11 Å². The van der Waals surface area contributed by atoms with Crippen LogP contribution in [0.15, 0.2) is 48.5 Å². The second-order valence-corrected chi connectivity index (χ2v) is 4.47. The molecule has 0 heterocycles. The first-order valence-corrected chi connectivity index (χ1v) is 6.35. The molecule has 0 bridgehead atoms. The molecule has 0 saturated carbocycles. The highest BCUT2D eigenvalue weighted by Gasteiger charge is 2.04. The first-order valence-electron chi connectivity index (χ1n) is 6.35. The highest BCUT2D eigenvalue weighted by molar-refractivity contribution is 5.78. The second kappa shape index (κ2) is 6.61. The van der Waals surface area contributed by atoms with Gasteiger partial charge in [0.15, 0.2) is 0 Å². The van der Waals surface area contributed by atoms with Crippen molar-refractivity contribution in [3.63, 3.8) is 0 Å². The normalized spacial score (nSPS) is 10.1. The molecule has 0 aliphatic carbocycles. The number of ether oxygens (including phenoxy) is 1. The van der Waals surface area contributed by atoms with E-state index >= 15 is 0 Å². The quantitative estimate of drug-likeness (QED) is 0.877. The third-order valence-corrected chi connectivity index (χ3v) is 2.92. The molecular formula is C16H17NO3. The highest BCUT2D eigenvalue weighted by atomic mass is 16.5. The van der Waals surface area contributed by atoms with Crippen LogP contribution in [-0.4, -0.2) is 18.1 Å². The molecule has 1 amide bonds. The van der Waals surface area contributed by atoms with Crippen LogP contribution in [0.3, 0.4) is 0 Å². The molecule has 0 radical (unpaired) electrons. The molecule has 0 saturated heterocycles. The zero-order valence-corrected chi connectivity index (χ0v) is 11.3. The summed E-state index contributed by atoms with van der Waals surface area (Å²) in [5.74, 6) is 0.916. The Morgan fingerprint density at radius 3 is 2.55 bits per heavy atom. The van der Waals surface area contributed by atoms with Crippen molar-refractivity contribution < 1.29 is 14.6 Å². The highest BCUT2D eigenvalue weighted by Crippen LogP contribution is 2.12. The number of amides is 1. The van der Waals surface area contributed by atoms with Crippen molar-refractivity contribution >= 4 is 5.91 Å². The summed E-state index contributed by atoms with van der Waals surface area (Å²) in [6, 6.07) is 14.2. The number of aromatic hydroxyl groups is 1. The zero-order valence-electron chi connectivity index (χ0n) is 11.3. The molecule has 0 aromatic heterocycles. The van der Waals surface area contributed by atoms with Crippen LogP contribution in [0, 0.1) is 0 Å². The van der Waals surface area contributed by atoms with E-state index in [4.69, 9.17) is 4.74 Å². The molecule has 2 aromatic rings. The number of rotatable bonds is 5. The molecule has 2 N–H and O–H groups in total. The Balaban J connectivity index is 1.85. The lowest BCUT2D eigenvalue weighted by atomic mass is 10.1. The lowest BCUT2D eigenvalue weighted by Gasteiger charge is -2.06. The van der Waals surface area contributed by atoms with Gasteiger partial charge in [0.1, 0.15) is 11.5 Å². The maximum absolute atomic E-state index is 11.8. The number of methoxy groups -OCH3 is 1. The molecule has 0 spiro atoms. The van der Waals surface area contributed by atoms with Gasteiger partial charge in [0.2, 0.25) is 5.91 Å². The molecule has 20 heavy (non-hydrogen) atoms. The second-order valence-electron chi connectivity index (χ2n) is 4.47. The summed E-state index contributed by atoms with van der Waals surface area (Å²) in [6.45, 7) is 0.406. The Hall–Kier alpha value is -2.49. The molecule has 4 heteroatoms. The molecule has 0 aliphatic rings. The minimum absolute atomic E-state index is 0.0569. The van der Waals surface area contributed by atoms with Crippen LogP contribution in [0.1, 0.15) is 11.1 Å². The van der Waals surface area contributed by atoms with Crippen LogP contribution < -0.4 is 10.1 Å². The van der Waals surface area contributed by atoms with Gasteiger partial charge < -0.3 is 15.2 Å². The van der Waals surface area contributed by atoms with E-state index in [0.717, 1.165) is 16.9 Å². The Morgan fingerprint density at radius 1 is 1.15 bits per heavy atom. The van der Waals surface area contributed by atoms with E-state index in [-0.39, 0.29) is 11.7 Å². The van der Waals surface area contributed by atoms with E-state index in [2.05, 4.69) is 5.32 Å². The number of benzene rings is 2. The van der Waals surface area contributed by atoms with E-state index in [1.165, 1.54) is 0 Å². The summed E-state index contributed by atoms with van der Waals surface area (Å²) >= 11 is 0. The van der Waals surface area contributed by atoms with E-state index in [1.54, 1.807) is 25.3 Å². The number of phenolic OH excluding ortho intramolecular Hbond substituents is 1. The van der Waals surface area contributed by atoms with E-state index in [9.17, 15) is 9.90 Å². The molecule has 4 nitrogen and oxygen atoms in total. The maximum atomic E-state index is 11.8. The van der Waals surface area contributed by atoms with Crippen molar-refractivity contribution in [2.24, 2.45) is 0 Å². The lowest BCUT2D eigenvalue weighted by molar-refractivity contribution is -0.120. The van der Waals surface area contributed by atoms with Crippen molar-refractivity contribution in [3.05, 3.63) is 59.7 Å². The zero-order chi connectivity index (χ0) is 14.4. The molecular weight excluding hydrogens is 254 g/mol. The van der Waals surface area contributed by atoms with Crippen molar-refractivity contribution in [1.29, 1.82) is 0 Å². The molecule has 0 atom stereocenters. The number of carbonyl (C=O) groups excluding carboxylic acids is 1. The van der Waals surface area contributed by atoms with Crippen molar-refractivity contribution in [1.82, 2.24) is 5.32 Å². The Morgan fingerprint density at radius 2 is 1.90 bits per heavy atom. The van der Waals surface area contributed by atoms with E-state index < -0.39 is 0 Å². The van der Waals surface area contributed by atoms with Gasteiger partial charge in [-0.3, -0.25) is 4.79 Å². The third kappa shape index (κ3) is 4.02. The van der Waals surface area contributed by atoms with Gasteiger partial charge in [-0.25, -0.2) is 0 Å². The largest absolute Gasteiger partial charge is 0.508 e. The smallest absolute Gasteiger partial charge is 0.224 e. The fourth-order valence-electron chi connectivity index (χ4n) is 1.86. The maximum Gasteiger partial charge on any atom is 0.224 e. The van der Waals surface area contributed by atoms with E-state index in [1.807, 2.05) is 30.3 Å². The summed E-state index contributed by atoms with van der Waals surface area (Å²) in [5, 5.41) is 12.2. The monoisotopic (exact) mass is 271 g/mol. The van der Waals surface area contributed by atoms with Crippen LogP contribution >= 0.6 is 0 Å². The van der Waals surface area contributed by atoms with Gasteiger partial charge in [-0.15, -0.1) is 0 Å². The average Bonchev–Trinajstić information content (AvgIpc) is 2.46. The summed E-state index contributed by atoms with van der Waals surface area (Å²) in [5.41, 5.74) is 1.80. The third-order valence-electron chi connectivity index (χ3n) is 2.92. The van der Waals surface area contributed by atoms with E-state index in [0.29, 0.717) is 13.0 Å².